The summed E-state index contributed by atoms with van der Waals surface area (Å²) in [5.74, 6) is 0. The van der Waals surface area contributed by atoms with Crippen molar-refractivity contribution in [1.29, 1.82) is 0 Å². The van der Waals surface area contributed by atoms with Gasteiger partial charge in [-0.1, -0.05) is 0 Å². The Morgan fingerprint density at radius 3 is 2.24 bits per heavy atom. The Morgan fingerprint density at radius 2 is 1.88 bits per heavy atom. The molecule has 1 rings (SSSR count). The van der Waals surface area contributed by atoms with E-state index in [2.05, 4.69) is 0 Å². The van der Waals surface area contributed by atoms with Crippen molar-refractivity contribution in [1.82, 2.24) is 4.98 Å². The lowest BCUT2D eigenvalue weighted by molar-refractivity contribution is -0.386. The van der Waals surface area contributed by atoms with Gasteiger partial charge in [-0.3, -0.25) is 14.9 Å². The Labute approximate surface area is 89.0 Å². The topological polar surface area (TPSA) is 76.0 Å². The second-order valence-electron chi connectivity index (χ2n) is 2.87. The predicted octanol–water partition coefficient (Wildman–Crippen LogP) is 2.24. The number of H-pyrrole nitrogens is 1. The van der Waals surface area contributed by atoms with E-state index in [1.54, 1.807) is 0 Å². The van der Waals surface area contributed by atoms with Crippen molar-refractivity contribution in [2.75, 3.05) is 0 Å². The molecule has 94 valence electrons. The maximum atomic E-state index is 12.3. The lowest BCUT2D eigenvalue weighted by atomic mass is 10.2. The van der Waals surface area contributed by atoms with E-state index >= 15 is 0 Å². The number of rotatable bonds is 2. The Balaban J connectivity index is 3.59. The average molecular weight is 258 g/mol. The van der Waals surface area contributed by atoms with Gasteiger partial charge in [-0.25, -0.2) is 8.78 Å². The molecule has 0 bridgehead atoms. The van der Waals surface area contributed by atoms with Crippen molar-refractivity contribution in [3.8, 4) is 0 Å². The first kappa shape index (κ1) is 13.1. The van der Waals surface area contributed by atoms with Gasteiger partial charge in [0.25, 0.3) is 17.7 Å². The Morgan fingerprint density at radius 1 is 1.35 bits per heavy atom. The highest BCUT2D eigenvalue weighted by Crippen LogP contribution is 2.32. The largest absolute Gasteiger partial charge is 0.431 e. The third-order valence-electron chi connectivity index (χ3n) is 1.77. The molecule has 0 radical (unpaired) electrons. The monoisotopic (exact) mass is 258 g/mol. The molecule has 0 aliphatic heterocycles. The van der Waals surface area contributed by atoms with Gasteiger partial charge in [0.15, 0.2) is 5.56 Å². The zero-order valence-corrected chi connectivity index (χ0v) is 7.72. The van der Waals surface area contributed by atoms with E-state index in [0.29, 0.717) is 0 Å². The van der Waals surface area contributed by atoms with Crippen LogP contribution in [0.5, 0.6) is 0 Å². The molecular weight excluding hydrogens is 255 g/mol. The van der Waals surface area contributed by atoms with Gasteiger partial charge in [-0.05, 0) is 0 Å². The first-order valence-electron chi connectivity index (χ1n) is 3.91. The summed E-state index contributed by atoms with van der Waals surface area (Å²) >= 11 is 0. The minimum absolute atomic E-state index is 0.136. The third kappa shape index (κ3) is 2.57. The van der Waals surface area contributed by atoms with Gasteiger partial charge in [0, 0.05) is 6.07 Å². The summed E-state index contributed by atoms with van der Waals surface area (Å²) in [6.07, 6.45) is -8.61. The van der Waals surface area contributed by atoms with E-state index in [9.17, 15) is 36.9 Å². The molecule has 0 atom stereocenters. The molecule has 0 saturated carbocycles. The number of nitro groups is 1. The average Bonchev–Trinajstić information content (AvgIpc) is 2.13. The highest BCUT2D eigenvalue weighted by Gasteiger charge is 2.36. The van der Waals surface area contributed by atoms with Crippen LogP contribution < -0.4 is 5.56 Å². The predicted molar refractivity (Wildman–Crippen MR) is 43.7 cm³/mol. The molecule has 0 aliphatic rings. The molecule has 1 aromatic heterocycles. The standard InChI is InChI=1S/C7H3F5N2O3/c8-5(9)4-2(14(16)17)1-3(7(10,11)12)13-6(4)15/h1,5H,(H,13,15). The van der Waals surface area contributed by atoms with Crippen LogP contribution in [-0.2, 0) is 6.18 Å². The van der Waals surface area contributed by atoms with E-state index in [0.717, 1.165) is 4.98 Å². The molecule has 17 heavy (non-hydrogen) atoms. The van der Waals surface area contributed by atoms with Crippen molar-refractivity contribution in [3.05, 3.63) is 37.8 Å². The van der Waals surface area contributed by atoms with Gasteiger partial charge in [0.05, 0.1) is 4.92 Å². The molecule has 1 heterocycles. The summed E-state index contributed by atoms with van der Waals surface area (Å²) in [7, 11) is 0. The molecule has 1 aromatic rings. The summed E-state index contributed by atoms with van der Waals surface area (Å²) in [5, 5.41) is 10.3. The highest BCUT2D eigenvalue weighted by atomic mass is 19.4. The van der Waals surface area contributed by atoms with E-state index in [1.165, 1.54) is 0 Å². The molecule has 0 spiro atoms. The molecule has 0 fully saturated rings. The Kier molecular flexibility index (Phi) is 3.16. The van der Waals surface area contributed by atoms with E-state index < -0.39 is 40.0 Å². The zero-order valence-electron chi connectivity index (χ0n) is 7.72. The quantitative estimate of drug-likeness (QED) is 0.502. The first-order chi connectivity index (χ1) is 7.64. The van der Waals surface area contributed by atoms with Gasteiger partial charge >= 0.3 is 6.18 Å². The van der Waals surface area contributed by atoms with E-state index in [4.69, 9.17) is 0 Å². The SMILES string of the molecule is O=c1[nH]c(C(F)(F)F)cc([N+](=O)[O-])c1C(F)F. The Hall–Kier alpha value is -2.00. The molecule has 0 aliphatic carbocycles. The number of hydrogen-bond acceptors (Lipinski definition) is 3. The van der Waals surface area contributed by atoms with Gasteiger partial charge in [-0.2, -0.15) is 13.2 Å². The summed E-state index contributed by atoms with van der Waals surface area (Å²) < 4.78 is 61.0. The third-order valence-corrected chi connectivity index (χ3v) is 1.77. The smallest absolute Gasteiger partial charge is 0.317 e. The van der Waals surface area contributed by atoms with Crippen molar-refractivity contribution < 1.29 is 26.9 Å². The van der Waals surface area contributed by atoms with Crippen molar-refractivity contribution in [2.45, 2.75) is 12.6 Å². The zero-order chi connectivity index (χ0) is 13.4. The minimum Gasteiger partial charge on any atom is -0.317 e. The number of hydrogen-bond donors (Lipinski definition) is 1. The first-order valence-corrected chi connectivity index (χ1v) is 3.91. The molecule has 0 unspecified atom stereocenters. The molecule has 5 nitrogen and oxygen atoms in total. The van der Waals surface area contributed by atoms with E-state index in [-0.39, 0.29) is 6.07 Å². The van der Waals surface area contributed by atoms with Crippen LogP contribution in [0, 0.1) is 10.1 Å². The number of pyridine rings is 1. The van der Waals surface area contributed by atoms with E-state index in [1.807, 2.05) is 0 Å². The number of halogens is 5. The molecule has 1 N–H and O–H groups in total. The molecule has 0 amide bonds. The number of alkyl halides is 5. The Bertz CT molecular complexity index is 507. The fraction of sp³-hybridized carbons (Fsp3) is 0.286. The second kappa shape index (κ2) is 4.11. The van der Waals surface area contributed by atoms with Crippen LogP contribution in [0.1, 0.15) is 17.7 Å². The van der Waals surface area contributed by atoms with Crippen LogP contribution in [0.4, 0.5) is 27.6 Å². The number of nitrogens with zero attached hydrogens (tertiary/aromatic N) is 1. The summed E-state index contributed by atoms with van der Waals surface area (Å²) in [4.78, 5) is 20.9. The molecule has 10 heteroatoms. The van der Waals surface area contributed by atoms with Gasteiger partial charge in [0.1, 0.15) is 5.69 Å². The second-order valence-corrected chi connectivity index (χ2v) is 2.87. The normalized spacial score (nSPS) is 11.9. The summed E-state index contributed by atoms with van der Waals surface area (Å²) in [6.45, 7) is 0. The number of nitrogens with one attached hydrogen (secondary N) is 1. The van der Waals surface area contributed by atoms with Crippen molar-refractivity contribution in [2.24, 2.45) is 0 Å². The molecule has 0 aromatic carbocycles. The van der Waals surface area contributed by atoms with Gasteiger partial charge < -0.3 is 4.98 Å². The molecule has 0 saturated heterocycles. The van der Waals surface area contributed by atoms with Crippen LogP contribution in [0.2, 0.25) is 0 Å². The van der Waals surface area contributed by atoms with Crippen molar-refractivity contribution >= 4 is 5.69 Å². The lowest BCUT2D eigenvalue weighted by Gasteiger charge is -2.07. The summed E-state index contributed by atoms with van der Waals surface area (Å²) in [5.41, 5.74) is -6.74. The molecular formula is C7H3F5N2O3. The maximum Gasteiger partial charge on any atom is 0.431 e. The highest BCUT2D eigenvalue weighted by molar-refractivity contribution is 5.41. The minimum atomic E-state index is -5.06. The van der Waals surface area contributed by atoms with Crippen LogP contribution >= 0.6 is 0 Å². The number of aromatic amines is 1. The van der Waals surface area contributed by atoms with Crippen LogP contribution in [-0.4, -0.2) is 9.91 Å². The van der Waals surface area contributed by atoms with Gasteiger partial charge in [-0.15, -0.1) is 0 Å². The number of aromatic nitrogens is 1. The maximum absolute atomic E-state index is 12.3. The van der Waals surface area contributed by atoms with Crippen LogP contribution in [0.25, 0.3) is 0 Å². The van der Waals surface area contributed by atoms with Crippen LogP contribution in [0.15, 0.2) is 10.9 Å². The lowest BCUT2D eigenvalue weighted by Crippen LogP contribution is -2.21. The van der Waals surface area contributed by atoms with Gasteiger partial charge in [0.2, 0.25) is 0 Å². The van der Waals surface area contributed by atoms with Crippen molar-refractivity contribution in [3.63, 3.8) is 0 Å². The fourth-order valence-electron chi connectivity index (χ4n) is 1.07. The van der Waals surface area contributed by atoms with Crippen LogP contribution in [0.3, 0.4) is 0 Å². The summed E-state index contributed by atoms with van der Waals surface area (Å²) in [6, 6.07) is -0.136. The fourth-order valence-corrected chi connectivity index (χ4v) is 1.07.